The van der Waals surface area contributed by atoms with E-state index in [1.807, 2.05) is 27.7 Å². The second-order valence-corrected chi connectivity index (χ2v) is 4.65. The van der Waals surface area contributed by atoms with E-state index in [2.05, 4.69) is 4.98 Å². The highest BCUT2D eigenvalue weighted by molar-refractivity contribution is 5.25. The molecule has 6 heteroatoms. The molecule has 0 bridgehead atoms. The van der Waals surface area contributed by atoms with Crippen LogP contribution in [0.2, 0.25) is 0 Å². The molecule has 0 amide bonds. The van der Waals surface area contributed by atoms with Gasteiger partial charge in [-0.15, -0.1) is 0 Å². The van der Waals surface area contributed by atoms with Gasteiger partial charge < -0.3 is 4.90 Å². The maximum absolute atomic E-state index is 12.2. The summed E-state index contributed by atoms with van der Waals surface area (Å²) in [4.78, 5) is 29.9. The second-order valence-electron chi connectivity index (χ2n) is 4.65. The molecule has 20 heavy (non-hydrogen) atoms. The summed E-state index contributed by atoms with van der Waals surface area (Å²) in [5, 5.41) is 0. The fourth-order valence-corrected chi connectivity index (χ4v) is 2.10. The summed E-state index contributed by atoms with van der Waals surface area (Å²) in [6.07, 6.45) is 2.50. The molecular weight excluding hydrogens is 256 g/mol. The third-order valence-corrected chi connectivity index (χ3v) is 3.05. The summed E-state index contributed by atoms with van der Waals surface area (Å²) >= 11 is 0. The van der Waals surface area contributed by atoms with Crippen LogP contribution in [-0.4, -0.2) is 28.2 Å². The van der Waals surface area contributed by atoms with Crippen LogP contribution in [0.5, 0.6) is 0 Å². The number of rotatable bonds is 5. The van der Waals surface area contributed by atoms with Crippen molar-refractivity contribution < 1.29 is 0 Å². The van der Waals surface area contributed by atoms with Crippen molar-refractivity contribution >= 4 is 5.95 Å². The maximum Gasteiger partial charge on any atom is 0.355 e. The van der Waals surface area contributed by atoms with E-state index in [1.165, 1.54) is 9.13 Å². The topological polar surface area (TPSA) is 60.1 Å². The van der Waals surface area contributed by atoms with Crippen molar-refractivity contribution in [1.82, 2.24) is 14.1 Å². The number of hydrogen-bond acceptors (Lipinski definition) is 4. The SMILES string of the molecule is CC.CCCC(CC)n1c(=O)nc(N(C)C)n(C)c1=O. The molecule has 0 N–H and O–H groups in total. The number of aromatic nitrogens is 3. The van der Waals surface area contributed by atoms with Gasteiger partial charge in [0.25, 0.3) is 0 Å². The summed E-state index contributed by atoms with van der Waals surface area (Å²) in [5.41, 5.74) is -0.749. The Bertz CT molecular complexity index is 517. The normalized spacial score (nSPS) is 11.6. The van der Waals surface area contributed by atoms with Crippen LogP contribution in [0.4, 0.5) is 5.95 Å². The van der Waals surface area contributed by atoms with Crippen molar-refractivity contribution in [2.75, 3.05) is 19.0 Å². The second kappa shape index (κ2) is 8.55. The minimum atomic E-state index is -0.456. The first-order valence-electron chi connectivity index (χ1n) is 7.30. The van der Waals surface area contributed by atoms with Crippen molar-refractivity contribution in [3.05, 3.63) is 21.0 Å². The summed E-state index contributed by atoms with van der Waals surface area (Å²) < 4.78 is 2.69. The van der Waals surface area contributed by atoms with E-state index in [4.69, 9.17) is 0 Å². The molecule has 0 radical (unpaired) electrons. The number of nitrogens with zero attached hydrogens (tertiary/aromatic N) is 4. The smallest absolute Gasteiger partial charge is 0.348 e. The quantitative estimate of drug-likeness (QED) is 0.827. The molecular formula is C14H28N4O2. The van der Waals surface area contributed by atoms with Crippen LogP contribution in [0.3, 0.4) is 0 Å². The lowest BCUT2D eigenvalue weighted by Gasteiger charge is -2.20. The molecule has 0 saturated carbocycles. The molecule has 1 atom stereocenters. The molecule has 0 aliphatic carbocycles. The summed E-state index contributed by atoms with van der Waals surface area (Å²) in [5.74, 6) is 0.382. The van der Waals surface area contributed by atoms with Gasteiger partial charge in [-0.2, -0.15) is 4.98 Å². The Morgan fingerprint density at radius 2 is 1.75 bits per heavy atom. The molecule has 1 unspecified atom stereocenters. The first kappa shape index (κ1) is 18.4. The van der Waals surface area contributed by atoms with Gasteiger partial charge in [-0.25, -0.2) is 14.2 Å². The van der Waals surface area contributed by atoms with Crippen LogP contribution >= 0.6 is 0 Å². The Morgan fingerprint density at radius 1 is 1.20 bits per heavy atom. The predicted molar refractivity (Wildman–Crippen MR) is 83.6 cm³/mol. The van der Waals surface area contributed by atoms with Crippen molar-refractivity contribution in [1.29, 1.82) is 0 Å². The molecule has 1 aromatic heterocycles. The lowest BCUT2D eigenvalue weighted by molar-refractivity contribution is 0.400. The lowest BCUT2D eigenvalue weighted by atomic mass is 10.1. The van der Waals surface area contributed by atoms with Crippen LogP contribution in [-0.2, 0) is 7.05 Å². The van der Waals surface area contributed by atoms with Crippen molar-refractivity contribution in [2.45, 2.75) is 53.0 Å². The molecule has 116 valence electrons. The third-order valence-electron chi connectivity index (χ3n) is 3.05. The number of anilines is 1. The minimum Gasteiger partial charge on any atom is -0.348 e. The fraction of sp³-hybridized carbons (Fsp3) is 0.786. The van der Waals surface area contributed by atoms with Gasteiger partial charge in [0.2, 0.25) is 5.95 Å². The zero-order valence-corrected chi connectivity index (χ0v) is 13.8. The van der Waals surface area contributed by atoms with Gasteiger partial charge in [-0.3, -0.25) is 4.57 Å². The highest BCUT2D eigenvalue weighted by atomic mass is 16.2. The van der Waals surface area contributed by atoms with E-state index in [-0.39, 0.29) is 11.7 Å². The lowest BCUT2D eigenvalue weighted by Crippen LogP contribution is -2.44. The molecule has 0 aliphatic rings. The monoisotopic (exact) mass is 284 g/mol. The first-order valence-corrected chi connectivity index (χ1v) is 7.30. The highest BCUT2D eigenvalue weighted by Gasteiger charge is 2.17. The Labute approximate surface area is 121 Å². The molecule has 0 fully saturated rings. The Kier molecular flexibility index (Phi) is 7.87. The van der Waals surface area contributed by atoms with Crippen LogP contribution in [0.15, 0.2) is 9.59 Å². The Balaban J connectivity index is 0.00000172. The first-order chi connectivity index (χ1) is 9.43. The van der Waals surface area contributed by atoms with E-state index >= 15 is 0 Å². The fourth-order valence-electron chi connectivity index (χ4n) is 2.10. The van der Waals surface area contributed by atoms with Crippen molar-refractivity contribution in [3.8, 4) is 0 Å². The molecule has 1 aromatic rings. The maximum atomic E-state index is 12.2. The number of hydrogen-bond donors (Lipinski definition) is 0. The standard InChI is InChI=1S/C12H22N4O2.C2H6/c1-6-8-9(7-2)16-11(17)13-10(14(3)4)15(5)12(16)18;1-2/h9H,6-8H2,1-5H3;1-2H3. The zero-order valence-electron chi connectivity index (χ0n) is 13.8. The van der Waals surface area contributed by atoms with Crippen molar-refractivity contribution in [3.63, 3.8) is 0 Å². The average Bonchev–Trinajstić information content (AvgIpc) is 2.43. The molecule has 0 aliphatic heterocycles. The predicted octanol–water partition coefficient (Wildman–Crippen LogP) is 1.79. The van der Waals surface area contributed by atoms with Crippen LogP contribution in [0.25, 0.3) is 0 Å². The minimum absolute atomic E-state index is 0.0649. The van der Waals surface area contributed by atoms with E-state index in [0.29, 0.717) is 5.95 Å². The zero-order chi connectivity index (χ0) is 15.9. The molecule has 1 rings (SSSR count). The van der Waals surface area contributed by atoms with Gasteiger partial charge in [-0.05, 0) is 12.8 Å². The molecule has 6 nitrogen and oxygen atoms in total. The van der Waals surface area contributed by atoms with Gasteiger partial charge in [0, 0.05) is 27.2 Å². The molecule has 1 heterocycles. The van der Waals surface area contributed by atoms with E-state index < -0.39 is 5.69 Å². The van der Waals surface area contributed by atoms with E-state index in [1.54, 1.807) is 26.0 Å². The Morgan fingerprint density at radius 3 is 2.15 bits per heavy atom. The van der Waals surface area contributed by atoms with Gasteiger partial charge in [0.05, 0.1) is 0 Å². The third kappa shape index (κ3) is 3.95. The molecule has 0 saturated heterocycles. The summed E-state index contributed by atoms with van der Waals surface area (Å²) in [7, 11) is 5.16. The van der Waals surface area contributed by atoms with Crippen LogP contribution in [0.1, 0.15) is 53.0 Å². The molecule has 0 spiro atoms. The molecule has 0 aromatic carbocycles. The van der Waals surface area contributed by atoms with Gasteiger partial charge >= 0.3 is 11.4 Å². The van der Waals surface area contributed by atoms with Gasteiger partial charge in [0.1, 0.15) is 0 Å². The van der Waals surface area contributed by atoms with Crippen molar-refractivity contribution in [2.24, 2.45) is 7.05 Å². The van der Waals surface area contributed by atoms with Crippen LogP contribution in [0, 0.1) is 0 Å². The Hall–Kier alpha value is -1.59. The van der Waals surface area contributed by atoms with Crippen LogP contribution < -0.4 is 16.3 Å². The van der Waals surface area contributed by atoms with Gasteiger partial charge in [-0.1, -0.05) is 34.1 Å². The van der Waals surface area contributed by atoms with Gasteiger partial charge in [0.15, 0.2) is 0 Å². The summed E-state index contributed by atoms with van der Waals surface area (Å²) in [6, 6.07) is -0.0649. The van der Waals surface area contributed by atoms with E-state index in [0.717, 1.165) is 19.3 Å². The summed E-state index contributed by atoms with van der Waals surface area (Å²) in [6.45, 7) is 8.02. The average molecular weight is 284 g/mol. The largest absolute Gasteiger partial charge is 0.355 e. The van der Waals surface area contributed by atoms with E-state index in [9.17, 15) is 9.59 Å². The highest BCUT2D eigenvalue weighted by Crippen LogP contribution is 2.13.